The van der Waals surface area contributed by atoms with Crippen molar-refractivity contribution in [3.8, 4) is 0 Å². The highest BCUT2D eigenvalue weighted by molar-refractivity contribution is 5.80. The Morgan fingerprint density at radius 2 is 2.10 bits per heavy atom. The van der Waals surface area contributed by atoms with E-state index in [1.54, 1.807) is 17.2 Å². The SMILES string of the molecule is O=C(O)C1CCCC(=O)N(C2CC2)C1c1ccccn1. The highest BCUT2D eigenvalue weighted by atomic mass is 16.4. The Balaban J connectivity index is 2.03. The van der Waals surface area contributed by atoms with E-state index in [0.717, 1.165) is 12.8 Å². The summed E-state index contributed by atoms with van der Waals surface area (Å²) in [7, 11) is 0. The van der Waals surface area contributed by atoms with Crippen LogP contribution in [0.15, 0.2) is 24.4 Å². The lowest BCUT2D eigenvalue weighted by atomic mass is 9.92. The van der Waals surface area contributed by atoms with Gasteiger partial charge in [0.15, 0.2) is 0 Å². The van der Waals surface area contributed by atoms with E-state index in [2.05, 4.69) is 4.98 Å². The van der Waals surface area contributed by atoms with Gasteiger partial charge in [0.1, 0.15) is 0 Å². The van der Waals surface area contributed by atoms with Crippen LogP contribution in [0.3, 0.4) is 0 Å². The third-order valence-electron chi connectivity index (χ3n) is 4.12. The molecule has 1 amide bonds. The molecule has 0 aromatic carbocycles. The summed E-state index contributed by atoms with van der Waals surface area (Å²) in [5.74, 6) is -1.31. The number of nitrogens with zero attached hydrogens (tertiary/aromatic N) is 2. The molecule has 2 unspecified atom stereocenters. The third-order valence-corrected chi connectivity index (χ3v) is 4.12. The molecular formula is C15H18N2O3. The maximum absolute atomic E-state index is 12.4. The summed E-state index contributed by atoms with van der Waals surface area (Å²) in [6.07, 6.45) is 5.23. The summed E-state index contributed by atoms with van der Waals surface area (Å²) >= 11 is 0. The number of aliphatic carboxylic acids is 1. The van der Waals surface area contributed by atoms with E-state index in [-0.39, 0.29) is 11.9 Å². The molecule has 0 spiro atoms. The fourth-order valence-electron chi connectivity index (χ4n) is 3.05. The number of hydrogen-bond acceptors (Lipinski definition) is 3. The average molecular weight is 274 g/mol. The number of carbonyl (C=O) groups excluding carboxylic acids is 1. The summed E-state index contributed by atoms with van der Waals surface area (Å²) in [5, 5.41) is 9.54. The molecule has 2 fully saturated rings. The number of aromatic nitrogens is 1. The molecule has 3 rings (SSSR count). The van der Waals surface area contributed by atoms with Crippen molar-refractivity contribution in [2.75, 3.05) is 0 Å². The van der Waals surface area contributed by atoms with Crippen molar-refractivity contribution < 1.29 is 14.7 Å². The van der Waals surface area contributed by atoms with E-state index in [1.165, 1.54) is 0 Å². The Hall–Kier alpha value is -1.91. The first-order chi connectivity index (χ1) is 9.68. The number of carbonyl (C=O) groups is 2. The molecule has 0 radical (unpaired) electrons. The van der Waals surface area contributed by atoms with Gasteiger partial charge in [-0.2, -0.15) is 0 Å². The molecule has 2 aliphatic rings. The number of amides is 1. The number of hydrogen-bond donors (Lipinski definition) is 1. The lowest BCUT2D eigenvalue weighted by Crippen LogP contribution is -2.40. The van der Waals surface area contributed by atoms with Gasteiger partial charge in [-0.05, 0) is 37.8 Å². The fourth-order valence-corrected chi connectivity index (χ4v) is 3.05. The molecule has 0 bridgehead atoms. The first-order valence-corrected chi connectivity index (χ1v) is 7.13. The van der Waals surface area contributed by atoms with Crippen LogP contribution in [0, 0.1) is 5.92 Å². The van der Waals surface area contributed by atoms with Gasteiger partial charge in [-0.3, -0.25) is 14.6 Å². The molecule has 2 atom stereocenters. The number of carboxylic acid groups (broad SMARTS) is 1. The molecule has 1 N–H and O–H groups in total. The molecule has 20 heavy (non-hydrogen) atoms. The number of pyridine rings is 1. The zero-order valence-corrected chi connectivity index (χ0v) is 11.2. The molecule has 1 aromatic rings. The third kappa shape index (κ3) is 2.40. The van der Waals surface area contributed by atoms with Crippen molar-refractivity contribution in [3.63, 3.8) is 0 Å². The monoisotopic (exact) mass is 274 g/mol. The molecule has 1 aliphatic carbocycles. The predicted molar refractivity (Wildman–Crippen MR) is 71.8 cm³/mol. The van der Waals surface area contributed by atoms with Crippen molar-refractivity contribution >= 4 is 11.9 Å². The van der Waals surface area contributed by atoms with Crippen LogP contribution in [0.1, 0.15) is 43.8 Å². The van der Waals surface area contributed by atoms with Crippen molar-refractivity contribution in [1.29, 1.82) is 0 Å². The number of rotatable bonds is 3. The molecule has 5 heteroatoms. The van der Waals surface area contributed by atoms with Crippen LogP contribution in [-0.4, -0.2) is 32.9 Å². The van der Waals surface area contributed by atoms with Crippen LogP contribution < -0.4 is 0 Å². The van der Waals surface area contributed by atoms with Crippen LogP contribution in [0.4, 0.5) is 0 Å². The topological polar surface area (TPSA) is 70.5 Å². The Labute approximate surface area is 117 Å². The quantitative estimate of drug-likeness (QED) is 0.915. The lowest BCUT2D eigenvalue weighted by molar-refractivity contribution is -0.146. The van der Waals surface area contributed by atoms with Crippen LogP contribution in [0.2, 0.25) is 0 Å². The Morgan fingerprint density at radius 1 is 1.30 bits per heavy atom. The maximum atomic E-state index is 12.4. The molecule has 1 aliphatic heterocycles. The van der Waals surface area contributed by atoms with Gasteiger partial charge in [-0.1, -0.05) is 6.07 Å². The van der Waals surface area contributed by atoms with E-state index >= 15 is 0 Å². The fraction of sp³-hybridized carbons (Fsp3) is 0.533. The van der Waals surface area contributed by atoms with Crippen molar-refractivity contribution in [1.82, 2.24) is 9.88 Å². The molecule has 1 saturated carbocycles. The van der Waals surface area contributed by atoms with Gasteiger partial charge in [0.25, 0.3) is 0 Å². The summed E-state index contributed by atoms with van der Waals surface area (Å²) in [6.45, 7) is 0. The first kappa shape index (κ1) is 13.1. The molecule has 2 heterocycles. The Morgan fingerprint density at radius 3 is 2.70 bits per heavy atom. The van der Waals surface area contributed by atoms with Gasteiger partial charge in [0.2, 0.25) is 5.91 Å². The normalized spacial score (nSPS) is 27.2. The largest absolute Gasteiger partial charge is 0.481 e. The van der Waals surface area contributed by atoms with E-state index in [1.807, 2.05) is 12.1 Å². The minimum Gasteiger partial charge on any atom is -0.481 e. The zero-order chi connectivity index (χ0) is 14.1. The molecular weight excluding hydrogens is 256 g/mol. The van der Waals surface area contributed by atoms with Gasteiger partial charge >= 0.3 is 5.97 Å². The molecule has 1 saturated heterocycles. The Kier molecular flexibility index (Phi) is 3.42. The average Bonchev–Trinajstić information content (AvgIpc) is 3.26. The summed E-state index contributed by atoms with van der Waals surface area (Å²) in [4.78, 5) is 30.1. The smallest absolute Gasteiger partial charge is 0.309 e. The highest BCUT2D eigenvalue weighted by Crippen LogP contribution is 2.41. The van der Waals surface area contributed by atoms with E-state index in [0.29, 0.717) is 25.0 Å². The summed E-state index contributed by atoms with van der Waals surface area (Å²) in [6, 6.07) is 5.26. The number of carboxylic acids is 1. The Bertz CT molecular complexity index is 513. The second-order valence-electron chi connectivity index (χ2n) is 5.57. The standard InChI is InChI=1S/C15H18N2O3/c18-13-6-3-4-11(15(19)20)14(17(13)10-7-8-10)12-5-1-2-9-16-12/h1-2,5,9-11,14H,3-4,6-8H2,(H,19,20). The minimum absolute atomic E-state index is 0.0758. The second-order valence-corrected chi connectivity index (χ2v) is 5.57. The van der Waals surface area contributed by atoms with E-state index in [4.69, 9.17) is 0 Å². The van der Waals surface area contributed by atoms with Gasteiger partial charge in [-0.15, -0.1) is 0 Å². The molecule has 1 aromatic heterocycles. The van der Waals surface area contributed by atoms with E-state index in [9.17, 15) is 14.7 Å². The van der Waals surface area contributed by atoms with Crippen LogP contribution in [-0.2, 0) is 9.59 Å². The van der Waals surface area contributed by atoms with Crippen molar-refractivity contribution in [2.45, 2.75) is 44.2 Å². The minimum atomic E-state index is -0.832. The van der Waals surface area contributed by atoms with Crippen molar-refractivity contribution in [3.05, 3.63) is 30.1 Å². The molecule has 106 valence electrons. The zero-order valence-electron chi connectivity index (χ0n) is 11.2. The second kappa shape index (κ2) is 5.23. The van der Waals surface area contributed by atoms with Gasteiger partial charge in [0, 0.05) is 18.7 Å². The van der Waals surface area contributed by atoms with Crippen LogP contribution in [0.5, 0.6) is 0 Å². The maximum Gasteiger partial charge on any atom is 0.309 e. The van der Waals surface area contributed by atoms with Gasteiger partial charge in [-0.25, -0.2) is 0 Å². The molecule has 5 nitrogen and oxygen atoms in total. The first-order valence-electron chi connectivity index (χ1n) is 7.13. The van der Waals surface area contributed by atoms with Gasteiger partial charge < -0.3 is 10.0 Å². The summed E-state index contributed by atoms with van der Waals surface area (Å²) < 4.78 is 0. The summed E-state index contributed by atoms with van der Waals surface area (Å²) in [5.41, 5.74) is 0.696. The van der Waals surface area contributed by atoms with Crippen LogP contribution in [0.25, 0.3) is 0 Å². The van der Waals surface area contributed by atoms with E-state index < -0.39 is 17.9 Å². The predicted octanol–water partition coefficient (Wildman–Crippen LogP) is 2.00. The number of likely N-dealkylation sites (tertiary alicyclic amines) is 1. The highest BCUT2D eigenvalue weighted by Gasteiger charge is 2.45. The van der Waals surface area contributed by atoms with Gasteiger partial charge in [0.05, 0.1) is 17.7 Å². The van der Waals surface area contributed by atoms with Crippen molar-refractivity contribution in [2.24, 2.45) is 5.92 Å². The van der Waals surface area contributed by atoms with Crippen LogP contribution >= 0.6 is 0 Å². The lowest BCUT2D eigenvalue weighted by Gasteiger charge is -2.33.